The molecule has 2 nitrogen and oxygen atoms in total. The summed E-state index contributed by atoms with van der Waals surface area (Å²) in [6.07, 6.45) is 5.83. The Balaban J connectivity index is 2.74. The van der Waals surface area contributed by atoms with Gasteiger partial charge in [0.25, 0.3) is 0 Å². The van der Waals surface area contributed by atoms with Gasteiger partial charge < -0.3 is 4.74 Å². The van der Waals surface area contributed by atoms with Gasteiger partial charge >= 0.3 is 0 Å². The molecule has 0 spiro atoms. The van der Waals surface area contributed by atoms with E-state index in [1.807, 2.05) is 6.08 Å². The van der Waals surface area contributed by atoms with Gasteiger partial charge in [0.15, 0.2) is 0 Å². The number of rotatable bonds is 8. The molecule has 0 aliphatic carbocycles. The third kappa shape index (κ3) is 9.66. The monoisotopic (exact) mass is 157 g/mol. The molecule has 65 valence electrons. The molecule has 11 heavy (non-hydrogen) atoms. The highest BCUT2D eigenvalue weighted by atomic mass is 16.5. The maximum atomic E-state index is 9.97. The van der Waals surface area contributed by atoms with E-state index in [-0.39, 0.29) is 6.61 Å². The van der Waals surface area contributed by atoms with Crippen LogP contribution in [0.25, 0.3) is 0 Å². The highest BCUT2D eigenvalue weighted by Crippen LogP contribution is 1.96. The van der Waals surface area contributed by atoms with Gasteiger partial charge in [0.05, 0.1) is 6.61 Å². The number of ether oxygens (including phenoxy) is 1. The number of allylic oxidation sites excluding steroid dienone is 1. The molecule has 2 heteroatoms. The van der Waals surface area contributed by atoms with Gasteiger partial charge in [-0.1, -0.05) is 6.08 Å². The summed E-state index contributed by atoms with van der Waals surface area (Å²) < 4.78 is 5.19. The fraction of sp³-hybridized carbons (Fsp3) is 0.778. The second kappa shape index (κ2) is 9.66. The molecular weight excluding hydrogens is 140 g/mol. The summed E-state index contributed by atoms with van der Waals surface area (Å²) >= 11 is 0. The zero-order valence-corrected chi connectivity index (χ0v) is 7.05. The Morgan fingerprint density at radius 3 is 2.55 bits per heavy atom. The minimum atomic E-state index is -0.0212. The largest absolute Gasteiger partial charge is 0.381 e. The van der Waals surface area contributed by atoms with Gasteiger partial charge in [0.2, 0.25) is 0 Å². The minimum Gasteiger partial charge on any atom is -0.381 e. The molecule has 0 aliphatic rings. The predicted molar refractivity (Wildman–Crippen MR) is 45.0 cm³/mol. The van der Waals surface area contributed by atoms with E-state index in [4.69, 9.17) is 4.74 Å². The second-order valence-corrected chi connectivity index (χ2v) is 2.45. The number of hydrogen-bond acceptors (Lipinski definition) is 1. The van der Waals surface area contributed by atoms with Crippen LogP contribution in [0, 0.1) is 0 Å². The summed E-state index contributed by atoms with van der Waals surface area (Å²) in [7, 11) is 0. The number of unbranched alkanes of at least 4 members (excludes halogenated alkanes) is 2. The van der Waals surface area contributed by atoms with Crippen molar-refractivity contribution < 1.29 is 9.84 Å². The fourth-order valence-electron chi connectivity index (χ4n) is 0.756. The molecule has 0 fully saturated rings. The van der Waals surface area contributed by atoms with E-state index < -0.39 is 0 Å². The third-order valence-corrected chi connectivity index (χ3v) is 1.38. The zero-order valence-electron chi connectivity index (χ0n) is 7.05. The van der Waals surface area contributed by atoms with Crippen LogP contribution in [-0.2, 0) is 9.84 Å². The highest BCUT2D eigenvalue weighted by molar-refractivity contribution is 4.65. The lowest BCUT2D eigenvalue weighted by Gasteiger charge is -2.00. The smallest absolute Gasteiger partial charge is 0.0844 e. The molecular formula is C9H17O2. The zero-order chi connectivity index (χ0) is 8.36. The molecule has 0 saturated carbocycles. The summed E-state index contributed by atoms with van der Waals surface area (Å²) in [4.78, 5) is 0. The molecule has 0 rings (SSSR count). The van der Waals surface area contributed by atoms with Gasteiger partial charge in [0, 0.05) is 13.2 Å². The second-order valence-electron chi connectivity index (χ2n) is 2.45. The SMILES string of the molecule is C=CCCCCOCCC[O]. The molecule has 0 N–H and O–H groups in total. The van der Waals surface area contributed by atoms with Crippen molar-refractivity contribution in [3.8, 4) is 0 Å². The Morgan fingerprint density at radius 2 is 1.91 bits per heavy atom. The molecule has 0 amide bonds. The molecule has 0 atom stereocenters. The van der Waals surface area contributed by atoms with Crippen molar-refractivity contribution in [3.63, 3.8) is 0 Å². The van der Waals surface area contributed by atoms with E-state index in [1.54, 1.807) is 0 Å². The maximum absolute atomic E-state index is 9.97. The van der Waals surface area contributed by atoms with Crippen LogP contribution in [0.15, 0.2) is 12.7 Å². The Labute approximate surface area is 68.9 Å². The van der Waals surface area contributed by atoms with Crippen molar-refractivity contribution in [2.24, 2.45) is 0 Å². The van der Waals surface area contributed by atoms with Crippen molar-refractivity contribution in [1.82, 2.24) is 0 Å². The van der Waals surface area contributed by atoms with Crippen LogP contribution >= 0.6 is 0 Å². The molecule has 0 unspecified atom stereocenters. The lowest BCUT2D eigenvalue weighted by atomic mass is 10.2. The van der Waals surface area contributed by atoms with E-state index in [2.05, 4.69) is 6.58 Å². The standard InChI is InChI=1S/C9H17O2/c1-2-3-4-5-8-11-9-6-7-10/h2H,1,3-9H2. The summed E-state index contributed by atoms with van der Waals surface area (Å²) in [5.41, 5.74) is 0. The maximum Gasteiger partial charge on any atom is 0.0844 e. The highest BCUT2D eigenvalue weighted by Gasteiger charge is 1.88. The lowest BCUT2D eigenvalue weighted by molar-refractivity contribution is 0.0968. The average molecular weight is 157 g/mol. The van der Waals surface area contributed by atoms with E-state index in [0.717, 1.165) is 25.9 Å². The summed E-state index contributed by atoms with van der Waals surface area (Å²) in [6, 6.07) is 0. The van der Waals surface area contributed by atoms with E-state index in [1.165, 1.54) is 0 Å². The number of hydrogen-bond donors (Lipinski definition) is 0. The topological polar surface area (TPSA) is 29.1 Å². The van der Waals surface area contributed by atoms with Gasteiger partial charge in [0.1, 0.15) is 0 Å². The molecule has 0 aliphatic heterocycles. The van der Waals surface area contributed by atoms with Crippen molar-refractivity contribution in [1.29, 1.82) is 0 Å². The summed E-state index contributed by atoms with van der Waals surface area (Å²) in [5, 5.41) is 9.97. The molecule has 0 saturated heterocycles. The Morgan fingerprint density at radius 1 is 1.18 bits per heavy atom. The van der Waals surface area contributed by atoms with E-state index in [0.29, 0.717) is 13.0 Å². The molecule has 0 aromatic rings. The van der Waals surface area contributed by atoms with Crippen LogP contribution in [0.1, 0.15) is 25.7 Å². The van der Waals surface area contributed by atoms with Crippen LogP contribution in [-0.4, -0.2) is 19.8 Å². The average Bonchev–Trinajstić information content (AvgIpc) is 2.03. The van der Waals surface area contributed by atoms with Gasteiger partial charge in [-0.05, 0) is 25.7 Å². The Kier molecular flexibility index (Phi) is 9.36. The predicted octanol–water partition coefficient (Wildman–Crippen LogP) is 2.18. The Bertz CT molecular complexity index is 81.6. The van der Waals surface area contributed by atoms with Crippen LogP contribution < -0.4 is 0 Å². The van der Waals surface area contributed by atoms with Gasteiger partial charge in [-0.3, -0.25) is 0 Å². The Hall–Kier alpha value is -0.340. The van der Waals surface area contributed by atoms with Gasteiger partial charge in [-0.2, -0.15) is 0 Å². The van der Waals surface area contributed by atoms with Crippen LogP contribution in [0.5, 0.6) is 0 Å². The van der Waals surface area contributed by atoms with E-state index >= 15 is 0 Å². The van der Waals surface area contributed by atoms with Crippen LogP contribution in [0.2, 0.25) is 0 Å². The van der Waals surface area contributed by atoms with Crippen LogP contribution in [0.4, 0.5) is 0 Å². The minimum absolute atomic E-state index is 0.0212. The quantitative estimate of drug-likeness (QED) is 0.392. The summed E-state index contributed by atoms with van der Waals surface area (Å²) in [6.45, 7) is 5.01. The van der Waals surface area contributed by atoms with Crippen molar-refractivity contribution in [3.05, 3.63) is 12.7 Å². The van der Waals surface area contributed by atoms with Crippen molar-refractivity contribution in [2.75, 3.05) is 19.8 Å². The van der Waals surface area contributed by atoms with Crippen molar-refractivity contribution in [2.45, 2.75) is 25.7 Å². The van der Waals surface area contributed by atoms with Gasteiger partial charge in [-0.25, -0.2) is 5.11 Å². The molecule has 0 aromatic carbocycles. The molecule has 0 aromatic heterocycles. The van der Waals surface area contributed by atoms with Crippen molar-refractivity contribution >= 4 is 0 Å². The fourth-order valence-corrected chi connectivity index (χ4v) is 0.756. The lowest BCUT2D eigenvalue weighted by Crippen LogP contribution is -1.98. The molecule has 0 bridgehead atoms. The normalized spacial score (nSPS) is 9.91. The van der Waals surface area contributed by atoms with E-state index in [9.17, 15) is 5.11 Å². The first-order valence-electron chi connectivity index (χ1n) is 4.18. The van der Waals surface area contributed by atoms with Crippen LogP contribution in [0.3, 0.4) is 0 Å². The van der Waals surface area contributed by atoms with Gasteiger partial charge in [-0.15, -0.1) is 6.58 Å². The first-order chi connectivity index (χ1) is 5.41. The first-order valence-corrected chi connectivity index (χ1v) is 4.18. The third-order valence-electron chi connectivity index (χ3n) is 1.38. The molecule has 0 heterocycles. The molecule has 1 radical (unpaired) electrons. The first kappa shape index (κ1) is 10.7. The summed E-state index contributed by atoms with van der Waals surface area (Å²) in [5.74, 6) is 0.